The van der Waals surface area contributed by atoms with Crippen molar-refractivity contribution in [3.8, 4) is 0 Å². The number of nitrogens with one attached hydrogen (secondary N) is 1. The maximum atomic E-state index is 11.4. The predicted octanol–water partition coefficient (Wildman–Crippen LogP) is 2.87. The summed E-state index contributed by atoms with van der Waals surface area (Å²) >= 11 is 0. The highest BCUT2D eigenvalue weighted by atomic mass is 16.5. The molecule has 0 spiro atoms. The highest BCUT2D eigenvalue weighted by molar-refractivity contribution is 5.93. The summed E-state index contributed by atoms with van der Waals surface area (Å²) in [5.41, 5.74) is 9.71. The van der Waals surface area contributed by atoms with Crippen molar-refractivity contribution in [2.24, 2.45) is 10.7 Å². The van der Waals surface area contributed by atoms with Crippen LogP contribution in [0.15, 0.2) is 39.7 Å². The van der Waals surface area contributed by atoms with E-state index in [-0.39, 0.29) is 12.3 Å². The Bertz CT molecular complexity index is 765. The summed E-state index contributed by atoms with van der Waals surface area (Å²) in [7, 11) is 1.31. The molecule has 24 heavy (non-hydrogen) atoms. The van der Waals surface area contributed by atoms with Crippen molar-refractivity contribution in [3.63, 3.8) is 0 Å². The van der Waals surface area contributed by atoms with Gasteiger partial charge in [-0.3, -0.25) is 0 Å². The molecule has 1 aromatic heterocycles. The van der Waals surface area contributed by atoms with Crippen LogP contribution in [0.25, 0.3) is 0 Å². The Morgan fingerprint density at radius 2 is 2.12 bits per heavy atom. The van der Waals surface area contributed by atoms with E-state index in [1.165, 1.54) is 31.1 Å². The Labute approximate surface area is 140 Å². The number of carbonyl (C=O) groups is 1. The highest BCUT2D eigenvalue weighted by Gasteiger charge is 2.13. The minimum absolute atomic E-state index is 0.159. The smallest absolute Gasteiger partial charge is 0.373 e. The van der Waals surface area contributed by atoms with Gasteiger partial charge in [0.05, 0.1) is 7.11 Å². The van der Waals surface area contributed by atoms with E-state index in [9.17, 15) is 4.79 Å². The molecule has 2 aromatic rings. The maximum absolute atomic E-state index is 11.4. The van der Waals surface area contributed by atoms with E-state index in [1.54, 1.807) is 12.1 Å². The largest absolute Gasteiger partial charge is 0.463 e. The Hall–Kier alpha value is -2.76. The topological polar surface area (TPSA) is 89.8 Å². The van der Waals surface area contributed by atoms with E-state index in [2.05, 4.69) is 21.1 Å². The fourth-order valence-electron chi connectivity index (χ4n) is 2.91. The first-order valence-electron chi connectivity index (χ1n) is 8.02. The van der Waals surface area contributed by atoms with Gasteiger partial charge in [-0.25, -0.2) is 9.79 Å². The number of nitrogens with zero attached hydrogens (tertiary/aromatic N) is 1. The van der Waals surface area contributed by atoms with Gasteiger partial charge in [0.1, 0.15) is 12.3 Å². The average molecular weight is 327 g/mol. The number of hydrogen-bond acceptors (Lipinski definition) is 4. The molecule has 6 nitrogen and oxygen atoms in total. The van der Waals surface area contributed by atoms with Crippen molar-refractivity contribution in [3.05, 3.63) is 53.0 Å². The number of esters is 1. The standard InChI is InChI=1S/C18H21N3O3/c1-23-17(22)16-10-9-13(24-16)11-20-18(19)21-15-8-4-6-12-5-2-3-7-14(12)15/h4,6,8-10H,2-3,5,7,11H2,1H3,(H3,19,20,21). The second-order valence-corrected chi connectivity index (χ2v) is 5.73. The Morgan fingerprint density at radius 3 is 2.96 bits per heavy atom. The molecule has 6 heteroatoms. The Kier molecular flexibility index (Phi) is 4.84. The lowest BCUT2D eigenvalue weighted by molar-refractivity contribution is 0.0563. The first-order chi connectivity index (χ1) is 11.7. The van der Waals surface area contributed by atoms with Gasteiger partial charge in [-0.1, -0.05) is 12.1 Å². The molecule has 0 radical (unpaired) electrons. The number of aryl methyl sites for hydroxylation is 1. The molecule has 0 atom stereocenters. The van der Waals surface area contributed by atoms with Gasteiger partial charge in [0.2, 0.25) is 5.76 Å². The lowest BCUT2D eigenvalue weighted by Crippen LogP contribution is -2.24. The first-order valence-corrected chi connectivity index (χ1v) is 8.02. The molecule has 1 aromatic carbocycles. The predicted molar refractivity (Wildman–Crippen MR) is 92.1 cm³/mol. The zero-order valence-electron chi connectivity index (χ0n) is 13.7. The van der Waals surface area contributed by atoms with Crippen LogP contribution < -0.4 is 11.1 Å². The van der Waals surface area contributed by atoms with Gasteiger partial charge in [-0.05, 0) is 55.0 Å². The molecule has 0 saturated carbocycles. The second kappa shape index (κ2) is 7.21. The molecule has 3 N–H and O–H groups in total. The number of aliphatic imine (C=N–C) groups is 1. The van der Waals surface area contributed by atoms with Crippen LogP contribution in [0.3, 0.4) is 0 Å². The van der Waals surface area contributed by atoms with Crippen LogP contribution in [-0.2, 0) is 24.1 Å². The fraction of sp³-hybridized carbons (Fsp3) is 0.333. The molecule has 0 amide bonds. The lowest BCUT2D eigenvalue weighted by atomic mass is 9.90. The first kappa shape index (κ1) is 16.1. The van der Waals surface area contributed by atoms with Crippen molar-refractivity contribution in [2.75, 3.05) is 12.4 Å². The lowest BCUT2D eigenvalue weighted by Gasteiger charge is -2.19. The van der Waals surface area contributed by atoms with Crippen LogP contribution in [-0.4, -0.2) is 19.0 Å². The van der Waals surface area contributed by atoms with Crippen LogP contribution in [0.5, 0.6) is 0 Å². The van der Waals surface area contributed by atoms with Gasteiger partial charge in [-0.2, -0.15) is 0 Å². The number of benzene rings is 1. The molecule has 3 rings (SSSR count). The van der Waals surface area contributed by atoms with E-state index in [1.807, 2.05) is 12.1 Å². The quantitative estimate of drug-likeness (QED) is 0.512. The van der Waals surface area contributed by atoms with E-state index < -0.39 is 5.97 Å². The molecular formula is C18H21N3O3. The molecule has 0 bridgehead atoms. The summed E-state index contributed by atoms with van der Waals surface area (Å²) in [4.78, 5) is 15.6. The third-order valence-corrected chi connectivity index (χ3v) is 4.11. The number of hydrogen-bond donors (Lipinski definition) is 2. The van der Waals surface area contributed by atoms with Crippen molar-refractivity contribution in [1.29, 1.82) is 0 Å². The van der Waals surface area contributed by atoms with Crippen molar-refractivity contribution in [2.45, 2.75) is 32.2 Å². The van der Waals surface area contributed by atoms with Crippen LogP contribution >= 0.6 is 0 Å². The number of carbonyl (C=O) groups excluding carboxylic acids is 1. The minimum atomic E-state index is -0.507. The van der Waals surface area contributed by atoms with E-state index in [0.717, 1.165) is 18.5 Å². The molecule has 0 saturated heterocycles. The van der Waals surface area contributed by atoms with Crippen molar-refractivity contribution in [1.82, 2.24) is 0 Å². The SMILES string of the molecule is COC(=O)c1ccc(CN=C(N)Nc2cccc3c2CCCC3)o1. The van der Waals surface area contributed by atoms with Crippen molar-refractivity contribution >= 4 is 17.6 Å². The fourth-order valence-corrected chi connectivity index (χ4v) is 2.91. The van der Waals surface area contributed by atoms with Crippen LogP contribution in [0.1, 0.15) is 40.3 Å². The third kappa shape index (κ3) is 3.59. The molecular weight excluding hydrogens is 306 g/mol. The highest BCUT2D eigenvalue weighted by Crippen LogP contribution is 2.27. The summed E-state index contributed by atoms with van der Waals surface area (Å²) in [6, 6.07) is 9.48. The summed E-state index contributed by atoms with van der Waals surface area (Å²) in [6.45, 7) is 0.255. The molecule has 0 unspecified atom stereocenters. The number of anilines is 1. The molecule has 1 aliphatic carbocycles. The maximum Gasteiger partial charge on any atom is 0.373 e. The number of methoxy groups -OCH3 is 1. The van der Waals surface area contributed by atoms with Crippen LogP contribution in [0, 0.1) is 0 Å². The summed E-state index contributed by atoms with van der Waals surface area (Å²) in [5.74, 6) is 0.527. The third-order valence-electron chi connectivity index (χ3n) is 4.11. The van der Waals surface area contributed by atoms with Gasteiger partial charge in [0, 0.05) is 5.69 Å². The molecule has 1 heterocycles. The zero-order valence-corrected chi connectivity index (χ0v) is 13.7. The van der Waals surface area contributed by atoms with Crippen LogP contribution in [0.4, 0.5) is 5.69 Å². The number of rotatable bonds is 4. The molecule has 126 valence electrons. The van der Waals surface area contributed by atoms with Gasteiger partial charge >= 0.3 is 5.97 Å². The average Bonchev–Trinajstić information content (AvgIpc) is 3.09. The van der Waals surface area contributed by atoms with E-state index >= 15 is 0 Å². The van der Waals surface area contributed by atoms with Gasteiger partial charge in [0.25, 0.3) is 0 Å². The summed E-state index contributed by atoms with van der Waals surface area (Å²) in [6.07, 6.45) is 4.61. The van der Waals surface area contributed by atoms with Gasteiger partial charge in [0.15, 0.2) is 5.96 Å². The second-order valence-electron chi connectivity index (χ2n) is 5.73. The zero-order chi connectivity index (χ0) is 16.9. The minimum Gasteiger partial charge on any atom is -0.463 e. The number of furan rings is 1. The molecule has 0 aliphatic heterocycles. The van der Waals surface area contributed by atoms with Crippen molar-refractivity contribution < 1.29 is 13.9 Å². The molecule has 1 aliphatic rings. The van der Waals surface area contributed by atoms with E-state index in [4.69, 9.17) is 10.2 Å². The normalized spacial score (nSPS) is 14.1. The van der Waals surface area contributed by atoms with Gasteiger partial charge < -0.3 is 20.2 Å². The Morgan fingerprint density at radius 1 is 1.29 bits per heavy atom. The van der Waals surface area contributed by atoms with Gasteiger partial charge in [-0.15, -0.1) is 0 Å². The number of ether oxygens (including phenoxy) is 1. The summed E-state index contributed by atoms with van der Waals surface area (Å²) in [5, 5.41) is 3.18. The monoisotopic (exact) mass is 327 g/mol. The van der Waals surface area contributed by atoms with Crippen LogP contribution in [0.2, 0.25) is 0 Å². The number of nitrogens with two attached hydrogens (primary N) is 1. The number of fused-ring (bicyclic) bond motifs is 1. The summed E-state index contributed by atoms with van der Waals surface area (Å²) < 4.78 is 9.96. The number of guanidine groups is 1. The van der Waals surface area contributed by atoms with E-state index in [0.29, 0.717) is 11.7 Å². The Balaban J connectivity index is 1.67. The molecule has 0 fully saturated rings.